The first-order valence-electron chi connectivity index (χ1n) is 5.80. The van der Waals surface area contributed by atoms with Gasteiger partial charge in [-0.3, -0.25) is 0 Å². The van der Waals surface area contributed by atoms with E-state index in [-0.39, 0.29) is 5.69 Å². The lowest BCUT2D eigenvalue weighted by Gasteiger charge is -2.13. The van der Waals surface area contributed by atoms with Crippen LogP contribution in [0.3, 0.4) is 0 Å². The maximum absolute atomic E-state index is 10.8. The number of carbonyl (C=O) groups is 1. The highest BCUT2D eigenvalue weighted by Crippen LogP contribution is 2.20. The van der Waals surface area contributed by atoms with Crippen LogP contribution in [0, 0.1) is 0 Å². The average Bonchev–Trinajstić information content (AvgIpc) is 2.39. The molecule has 1 aromatic carbocycles. The van der Waals surface area contributed by atoms with Gasteiger partial charge in [-0.25, -0.2) is 9.78 Å². The minimum atomic E-state index is -1.04. The van der Waals surface area contributed by atoms with Crippen molar-refractivity contribution in [2.24, 2.45) is 0 Å². The number of pyridine rings is 1. The number of nitrogens with one attached hydrogen (secondary N) is 1. The van der Waals surface area contributed by atoms with Gasteiger partial charge in [-0.15, -0.1) is 0 Å². The van der Waals surface area contributed by atoms with Crippen molar-refractivity contribution in [1.82, 2.24) is 4.98 Å². The van der Waals surface area contributed by atoms with Crippen LogP contribution in [0.4, 0.5) is 17.1 Å². The normalized spacial score (nSPS) is 10.0. The van der Waals surface area contributed by atoms with Crippen molar-refractivity contribution in [3.05, 3.63) is 48.3 Å². The monoisotopic (exact) mass is 257 g/mol. The number of benzene rings is 1. The second kappa shape index (κ2) is 5.39. The van der Waals surface area contributed by atoms with Crippen molar-refractivity contribution in [3.63, 3.8) is 0 Å². The lowest BCUT2D eigenvalue weighted by atomic mass is 10.2. The Labute approximate surface area is 111 Å². The highest BCUT2D eigenvalue weighted by atomic mass is 16.4. The summed E-state index contributed by atoms with van der Waals surface area (Å²) in [5.41, 5.74) is 2.72. The Hall–Kier alpha value is -2.56. The fourth-order valence-electron chi connectivity index (χ4n) is 1.63. The third-order valence-electron chi connectivity index (χ3n) is 2.65. The van der Waals surface area contributed by atoms with Crippen LogP contribution in [0.2, 0.25) is 0 Å². The zero-order valence-electron chi connectivity index (χ0n) is 10.8. The minimum absolute atomic E-state index is 0.0231. The molecule has 0 atom stereocenters. The summed E-state index contributed by atoms with van der Waals surface area (Å²) in [6, 6.07) is 11.1. The van der Waals surface area contributed by atoms with Gasteiger partial charge in [-0.05, 0) is 36.4 Å². The molecule has 1 heterocycles. The molecule has 0 radical (unpaired) electrons. The quantitative estimate of drug-likeness (QED) is 0.881. The largest absolute Gasteiger partial charge is 0.477 e. The van der Waals surface area contributed by atoms with E-state index in [4.69, 9.17) is 5.11 Å². The molecular formula is C14H15N3O2. The number of anilines is 3. The Kier molecular flexibility index (Phi) is 3.66. The molecule has 2 N–H and O–H groups in total. The van der Waals surface area contributed by atoms with Gasteiger partial charge in [-0.2, -0.15) is 0 Å². The average molecular weight is 257 g/mol. The highest BCUT2D eigenvalue weighted by Gasteiger charge is 2.05. The van der Waals surface area contributed by atoms with E-state index in [2.05, 4.69) is 10.3 Å². The second-order valence-corrected chi connectivity index (χ2v) is 4.30. The third-order valence-corrected chi connectivity index (χ3v) is 2.65. The van der Waals surface area contributed by atoms with Crippen molar-refractivity contribution in [2.45, 2.75) is 0 Å². The molecule has 5 nitrogen and oxygen atoms in total. The number of carboxylic acid groups (broad SMARTS) is 1. The molecule has 0 aliphatic carbocycles. The zero-order chi connectivity index (χ0) is 13.8. The number of aromatic carboxylic acids is 1. The molecular weight excluding hydrogens is 242 g/mol. The van der Waals surface area contributed by atoms with Crippen LogP contribution in [-0.4, -0.2) is 30.2 Å². The van der Waals surface area contributed by atoms with Gasteiger partial charge in [-0.1, -0.05) is 0 Å². The van der Waals surface area contributed by atoms with Gasteiger partial charge >= 0.3 is 5.97 Å². The first-order valence-corrected chi connectivity index (χ1v) is 5.80. The number of nitrogens with zero attached hydrogens (tertiary/aromatic N) is 2. The summed E-state index contributed by atoms with van der Waals surface area (Å²) >= 11 is 0. The Bertz CT molecular complexity index is 579. The molecule has 0 aliphatic rings. The van der Waals surface area contributed by atoms with Gasteiger partial charge in [0.1, 0.15) is 5.69 Å². The third kappa shape index (κ3) is 3.22. The Morgan fingerprint density at radius 2 is 1.84 bits per heavy atom. The summed E-state index contributed by atoms with van der Waals surface area (Å²) in [6.45, 7) is 0. The molecule has 2 aromatic rings. The van der Waals surface area contributed by atoms with Crippen LogP contribution >= 0.6 is 0 Å². The Morgan fingerprint density at radius 3 is 2.42 bits per heavy atom. The predicted octanol–water partition coefficient (Wildman–Crippen LogP) is 2.59. The van der Waals surface area contributed by atoms with Crippen LogP contribution in [0.5, 0.6) is 0 Å². The summed E-state index contributed by atoms with van der Waals surface area (Å²) in [5.74, 6) is -1.04. The van der Waals surface area contributed by atoms with Gasteiger partial charge in [0.25, 0.3) is 0 Å². The van der Waals surface area contributed by atoms with Crippen LogP contribution in [0.25, 0.3) is 0 Å². The summed E-state index contributed by atoms with van der Waals surface area (Å²) in [5, 5.41) is 12.0. The minimum Gasteiger partial charge on any atom is -0.477 e. The Morgan fingerprint density at radius 1 is 1.16 bits per heavy atom. The number of hydrogen-bond donors (Lipinski definition) is 2. The molecule has 98 valence electrons. The van der Waals surface area contributed by atoms with Crippen molar-refractivity contribution in [1.29, 1.82) is 0 Å². The van der Waals surface area contributed by atoms with Gasteiger partial charge in [0, 0.05) is 37.4 Å². The summed E-state index contributed by atoms with van der Waals surface area (Å²) in [4.78, 5) is 16.6. The molecule has 5 heteroatoms. The number of hydrogen-bond acceptors (Lipinski definition) is 4. The summed E-state index contributed by atoms with van der Waals surface area (Å²) < 4.78 is 0. The summed E-state index contributed by atoms with van der Waals surface area (Å²) in [6.07, 6.45) is 1.47. The molecule has 0 unspecified atom stereocenters. The molecule has 0 amide bonds. The van der Waals surface area contributed by atoms with Crippen molar-refractivity contribution in [2.75, 3.05) is 24.3 Å². The van der Waals surface area contributed by atoms with Crippen LogP contribution < -0.4 is 10.2 Å². The van der Waals surface area contributed by atoms with Gasteiger partial charge < -0.3 is 15.3 Å². The van der Waals surface area contributed by atoms with E-state index in [1.807, 2.05) is 43.3 Å². The molecule has 2 rings (SSSR count). The lowest BCUT2D eigenvalue weighted by Crippen LogP contribution is -2.08. The standard InChI is InChI=1S/C14H15N3O2/c1-17(2)12-5-3-10(4-6-12)16-11-7-8-15-13(9-11)14(18)19/h3-9H,1-2H3,(H,15,16)(H,18,19). The van der Waals surface area contributed by atoms with E-state index in [0.29, 0.717) is 5.69 Å². The Balaban J connectivity index is 2.16. The molecule has 0 spiro atoms. The van der Waals surface area contributed by atoms with E-state index in [9.17, 15) is 4.79 Å². The SMILES string of the molecule is CN(C)c1ccc(Nc2ccnc(C(=O)O)c2)cc1. The fraction of sp³-hybridized carbons (Fsp3) is 0.143. The van der Waals surface area contributed by atoms with Crippen molar-refractivity contribution < 1.29 is 9.90 Å². The smallest absolute Gasteiger partial charge is 0.354 e. The van der Waals surface area contributed by atoms with E-state index >= 15 is 0 Å². The first-order chi connectivity index (χ1) is 9.06. The maximum atomic E-state index is 10.8. The second-order valence-electron chi connectivity index (χ2n) is 4.30. The van der Waals surface area contributed by atoms with E-state index in [1.165, 1.54) is 12.3 Å². The molecule has 0 aliphatic heterocycles. The number of carboxylic acids is 1. The molecule has 0 saturated carbocycles. The van der Waals surface area contributed by atoms with E-state index in [0.717, 1.165) is 11.4 Å². The molecule has 1 aromatic heterocycles. The van der Waals surface area contributed by atoms with Crippen LogP contribution in [0.1, 0.15) is 10.5 Å². The molecule has 0 fully saturated rings. The fourth-order valence-corrected chi connectivity index (χ4v) is 1.63. The zero-order valence-corrected chi connectivity index (χ0v) is 10.8. The molecule has 0 saturated heterocycles. The van der Waals surface area contributed by atoms with Crippen LogP contribution in [0.15, 0.2) is 42.6 Å². The number of aromatic nitrogens is 1. The molecule has 0 bridgehead atoms. The predicted molar refractivity (Wildman–Crippen MR) is 75.2 cm³/mol. The van der Waals surface area contributed by atoms with Gasteiger partial charge in [0.05, 0.1) is 0 Å². The molecule has 19 heavy (non-hydrogen) atoms. The topological polar surface area (TPSA) is 65.5 Å². The van der Waals surface area contributed by atoms with E-state index in [1.54, 1.807) is 6.07 Å². The first kappa shape index (κ1) is 12.9. The van der Waals surface area contributed by atoms with Crippen molar-refractivity contribution in [3.8, 4) is 0 Å². The summed E-state index contributed by atoms with van der Waals surface area (Å²) in [7, 11) is 3.95. The lowest BCUT2D eigenvalue weighted by molar-refractivity contribution is 0.0690. The highest BCUT2D eigenvalue weighted by molar-refractivity contribution is 5.86. The number of rotatable bonds is 4. The van der Waals surface area contributed by atoms with E-state index < -0.39 is 5.97 Å². The maximum Gasteiger partial charge on any atom is 0.354 e. The van der Waals surface area contributed by atoms with Crippen molar-refractivity contribution >= 4 is 23.0 Å². The van der Waals surface area contributed by atoms with Crippen LogP contribution in [-0.2, 0) is 0 Å². The van der Waals surface area contributed by atoms with Gasteiger partial charge in [0.2, 0.25) is 0 Å². The van der Waals surface area contributed by atoms with Gasteiger partial charge in [0.15, 0.2) is 0 Å².